The van der Waals surface area contributed by atoms with Gasteiger partial charge in [-0.15, -0.1) is 11.8 Å². The van der Waals surface area contributed by atoms with Crippen molar-refractivity contribution in [1.82, 2.24) is 4.98 Å². The number of carbonyl (C=O) groups is 1. The molecule has 1 aliphatic heterocycles. The Kier molecular flexibility index (Phi) is 4.46. The fourth-order valence-electron chi connectivity index (χ4n) is 3.61. The number of rotatable bonds is 4. The molecule has 2 aliphatic rings. The Morgan fingerprint density at radius 3 is 3.00 bits per heavy atom. The minimum atomic E-state index is 0.150. The first kappa shape index (κ1) is 16.2. The molecule has 0 atom stereocenters. The highest BCUT2D eigenvalue weighted by molar-refractivity contribution is 7.99. The van der Waals surface area contributed by atoms with E-state index in [1.807, 2.05) is 29.2 Å². The summed E-state index contributed by atoms with van der Waals surface area (Å²) in [5.74, 6) is 0.801. The van der Waals surface area contributed by atoms with Gasteiger partial charge < -0.3 is 4.90 Å². The highest BCUT2D eigenvalue weighted by Crippen LogP contribution is 2.30. The molecule has 0 saturated heterocycles. The molecule has 2 aromatic rings. The summed E-state index contributed by atoms with van der Waals surface area (Å²) in [5.41, 5.74) is 5.28. The quantitative estimate of drug-likeness (QED) is 0.793. The molecule has 0 N–H and O–H groups in total. The summed E-state index contributed by atoms with van der Waals surface area (Å²) in [6.45, 7) is 0.767. The maximum absolute atomic E-state index is 12.6. The lowest BCUT2D eigenvalue weighted by molar-refractivity contribution is -0.118. The molecular formula is C20H19N3OS. The molecule has 1 aromatic carbocycles. The lowest BCUT2D eigenvalue weighted by Gasteiger charge is -2.17. The molecule has 1 aromatic heterocycles. The molecule has 0 saturated carbocycles. The lowest BCUT2D eigenvalue weighted by atomic mass is 10.2. The van der Waals surface area contributed by atoms with E-state index < -0.39 is 0 Å². The molecule has 2 heterocycles. The van der Waals surface area contributed by atoms with Crippen LogP contribution in [0.1, 0.15) is 35.2 Å². The number of aryl methyl sites for hydroxylation is 2. The number of nitrogens with zero attached hydrogens (tertiary/aromatic N) is 3. The van der Waals surface area contributed by atoms with E-state index >= 15 is 0 Å². The van der Waals surface area contributed by atoms with Crippen LogP contribution in [0.2, 0.25) is 0 Å². The molecule has 0 radical (unpaired) electrons. The van der Waals surface area contributed by atoms with Gasteiger partial charge in [0.25, 0.3) is 0 Å². The Morgan fingerprint density at radius 2 is 2.12 bits per heavy atom. The minimum Gasteiger partial charge on any atom is -0.312 e. The number of pyridine rings is 1. The third kappa shape index (κ3) is 3.14. The molecule has 0 bridgehead atoms. The van der Waals surface area contributed by atoms with Crippen LogP contribution in [0.4, 0.5) is 5.69 Å². The van der Waals surface area contributed by atoms with Gasteiger partial charge in [-0.2, -0.15) is 5.26 Å². The van der Waals surface area contributed by atoms with E-state index in [1.165, 1.54) is 22.9 Å². The van der Waals surface area contributed by atoms with Crippen molar-refractivity contribution in [2.24, 2.45) is 0 Å². The van der Waals surface area contributed by atoms with Gasteiger partial charge in [-0.25, -0.2) is 4.98 Å². The van der Waals surface area contributed by atoms with Crippen molar-refractivity contribution in [3.63, 3.8) is 0 Å². The predicted molar refractivity (Wildman–Crippen MR) is 98.8 cm³/mol. The first-order chi connectivity index (χ1) is 12.3. The molecule has 4 nitrogen and oxygen atoms in total. The van der Waals surface area contributed by atoms with Crippen LogP contribution in [0, 0.1) is 11.3 Å². The number of hydrogen-bond donors (Lipinski definition) is 0. The molecule has 25 heavy (non-hydrogen) atoms. The standard InChI is InChI=1S/C20H19N3OS/c21-13-16-12-15-5-3-6-17(15)22-20(16)25-11-9-19(24)23-10-8-14-4-1-2-7-18(14)23/h1-2,4,7,12H,3,5-6,8-11H2. The topological polar surface area (TPSA) is 57.0 Å². The predicted octanol–water partition coefficient (Wildman–Crippen LogP) is 3.51. The first-order valence-electron chi connectivity index (χ1n) is 8.70. The zero-order valence-electron chi connectivity index (χ0n) is 14.0. The fraction of sp³-hybridized carbons (Fsp3) is 0.350. The van der Waals surface area contributed by atoms with Gasteiger partial charge in [-0.1, -0.05) is 18.2 Å². The van der Waals surface area contributed by atoms with E-state index in [1.54, 1.807) is 0 Å². The number of amides is 1. The van der Waals surface area contributed by atoms with Gasteiger partial charge in [0.05, 0.1) is 5.56 Å². The molecule has 0 fully saturated rings. The number of anilines is 1. The largest absolute Gasteiger partial charge is 0.312 e. The number of carbonyl (C=O) groups excluding carboxylic acids is 1. The summed E-state index contributed by atoms with van der Waals surface area (Å²) >= 11 is 1.52. The SMILES string of the molecule is N#Cc1cc2c(nc1SCCC(=O)N1CCc3ccccc31)CCC2. The normalized spacial score (nSPS) is 14.9. The molecule has 4 rings (SSSR count). The summed E-state index contributed by atoms with van der Waals surface area (Å²) in [4.78, 5) is 19.1. The van der Waals surface area contributed by atoms with E-state index in [2.05, 4.69) is 17.1 Å². The average molecular weight is 349 g/mol. The van der Waals surface area contributed by atoms with Crippen LogP contribution >= 0.6 is 11.8 Å². The van der Waals surface area contributed by atoms with Gasteiger partial charge in [0, 0.05) is 30.1 Å². The van der Waals surface area contributed by atoms with E-state index in [0.717, 1.165) is 48.6 Å². The average Bonchev–Trinajstić information content (AvgIpc) is 3.27. The smallest absolute Gasteiger partial charge is 0.227 e. The molecule has 126 valence electrons. The van der Waals surface area contributed by atoms with Gasteiger partial charge in [0.2, 0.25) is 5.91 Å². The van der Waals surface area contributed by atoms with Crippen LogP contribution in [-0.4, -0.2) is 23.2 Å². The van der Waals surface area contributed by atoms with Crippen molar-refractivity contribution in [3.8, 4) is 6.07 Å². The van der Waals surface area contributed by atoms with Crippen molar-refractivity contribution in [2.45, 2.75) is 37.1 Å². The van der Waals surface area contributed by atoms with Crippen molar-refractivity contribution in [3.05, 3.63) is 52.7 Å². The van der Waals surface area contributed by atoms with Crippen molar-refractivity contribution >= 4 is 23.4 Å². The lowest BCUT2D eigenvalue weighted by Crippen LogP contribution is -2.29. The van der Waals surface area contributed by atoms with E-state index in [9.17, 15) is 10.1 Å². The van der Waals surface area contributed by atoms with Crippen LogP contribution in [0.5, 0.6) is 0 Å². The van der Waals surface area contributed by atoms with Crippen molar-refractivity contribution < 1.29 is 4.79 Å². The zero-order chi connectivity index (χ0) is 17.2. The number of hydrogen-bond acceptors (Lipinski definition) is 4. The van der Waals surface area contributed by atoms with Crippen LogP contribution in [0.3, 0.4) is 0 Å². The van der Waals surface area contributed by atoms with Crippen LogP contribution in [-0.2, 0) is 24.1 Å². The van der Waals surface area contributed by atoms with Crippen LogP contribution < -0.4 is 4.90 Å². The summed E-state index contributed by atoms with van der Waals surface area (Å²) in [7, 11) is 0. The van der Waals surface area contributed by atoms with Gasteiger partial charge in [-0.05, 0) is 48.9 Å². The number of aromatic nitrogens is 1. The molecule has 1 amide bonds. The maximum Gasteiger partial charge on any atom is 0.227 e. The van der Waals surface area contributed by atoms with Gasteiger partial charge in [0.1, 0.15) is 11.1 Å². The third-order valence-electron chi connectivity index (χ3n) is 4.88. The van der Waals surface area contributed by atoms with Gasteiger partial charge in [0.15, 0.2) is 0 Å². The molecule has 0 unspecified atom stereocenters. The van der Waals surface area contributed by atoms with Gasteiger partial charge in [-0.3, -0.25) is 4.79 Å². The molecule has 1 aliphatic carbocycles. The Hall–Kier alpha value is -2.32. The van der Waals surface area contributed by atoms with Gasteiger partial charge >= 0.3 is 0 Å². The van der Waals surface area contributed by atoms with Crippen molar-refractivity contribution in [2.75, 3.05) is 17.2 Å². The number of para-hydroxylation sites is 1. The number of thioether (sulfide) groups is 1. The Balaban J connectivity index is 1.40. The molecule has 0 spiro atoms. The number of nitriles is 1. The number of fused-ring (bicyclic) bond motifs is 2. The summed E-state index contributed by atoms with van der Waals surface area (Å²) < 4.78 is 0. The molecule has 5 heteroatoms. The molecular weight excluding hydrogens is 330 g/mol. The Bertz CT molecular complexity index is 872. The van der Waals surface area contributed by atoms with Crippen molar-refractivity contribution in [1.29, 1.82) is 5.26 Å². The Morgan fingerprint density at radius 1 is 1.24 bits per heavy atom. The summed E-state index contributed by atoms with van der Waals surface area (Å²) in [5, 5.41) is 10.1. The van der Waals surface area contributed by atoms with E-state index in [-0.39, 0.29) is 5.91 Å². The van der Waals surface area contributed by atoms with Crippen LogP contribution in [0.25, 0.3) is 0 Å². The highest BCUT2D eigenvalue weighted by atomic mass is 32.2. The fourth-order valence-corrected chi connectivity index (χ4v) is 4.52. The second-order valence-corrected chi connectivity index (χ2v) is 7.52. The van der Waals surface area contributed by atoms with Crippen LogP contribution in [0.15, 0.2) is 35.4 Å². The summed E-state index contributed by atoms with van der Waals surface area (Å²) in [6, 6.07) is 12.3. The highest BCUT2D eigenvalue weighted by Gasteiger charge is 2.24. The summed E-state index contributed by atoms with van der Waals surface area (Å²) in [6.07, 6.45) is 4.53. The van der Waals surface area contributed by atoms with E-state index in [0.29, 0.717) is 17.7 Å². The Labute approximate surface area is 151 Å². The number of benzene rings is 1. The second-order valence-electron chi connectivity index (χ2n) is 6.43. The third-order valence-corrected chi connectivity index (χ3v) is 5.87. The monoisotopic (exact) mass is 349 g/mol. The zero-order valence-corrected chi connectivity index (χ0v) is 14.8. The minimum absolute atomic E-state index is 0.150. The first-order valence-corrected chi connectivity index (χ1v) is 9.69. The maximum atomic E-state index is 12.6. The second kappa shape index (κ2) is 6.89. The van der Waals surface area contributed by atoms with E-state index in [4.69, 9.17) is 0 Å².